The van der Waals surface area contributed by atoms with Crippen molar-refractivity contribution in [1.82, 2.24) is 5.32 Å². The van der Waals surface area contributed by atoms with Crippen molar-refractivity contribution in [2.45, 2.75) is 32.2 Å². The molecule has 0 saturated carbocycles. The van der Waals surface area contributed by atoms with Crippen LogP contribution in [-0.2, 0) is 5.54 Å². The first-order valence-electron chi connectivity index (χ1n) is 6.69. The van der Waals surface area contributed by atoms with Crippen LogP contribution in [0.25, 0.3) is 0 Å². The lowest BCUT2D eigenvalue weighted by Crippen LogP contribution is -2.41. The van der Waals surface area contributed by atoms with Gasteiger partial charge in [0.1, 0.15) is 11.5 Å². The molecule has 0 heterocycles. The van der Waals surface area contributed by atoms with Gasteiger partial charge in [-0.05, 0) is 38.4 Å². The zero-order valence-electron chi connectivity index (χ0n) is 12.3. The molecular weight excluding hydrogens is 242 g/mol. The summed E-state index contributed by atoms with van der Waals surface area (Å²) >= 11 is 0. The molecule has 0 radical (unpaired) electrons. The highest BCUT2D eigenvalue weighted by Gasteiger charge is 2.28. The Labute approximate surface area is 115 Å². The zero-order chi connectivity index (χ0) is 14.3. The van der Waals surface area contributed by atoms with Gasteiger partial charge in [0, 0.05) is 23.8 Å². The van der Waals surface area contributed by atoms with E-state index in [-0.39, 0.29) is 12.1 Å². The van der Waals surface area contributed by atoms with Crippen LogP contribution >= 0.6 is 0 Å². The maximum absolute atomic E-state index is 9.32. The van der Waals surface area contributed by atoms with E-state index in [1.54, 1.807) is 14.2 Å². The number of ether oxygens (including phenoxy) is 2. The predicted octanol–water partition coefficient (Wildman–Crippen LogP) is 2.30. The SMILES string of the molecule is CCCNC(C)(CCO)c1ccc(OC)cc1OC. The fourth-order valence-electron chi connectivity index (χ4n) is 2.20. The summed E-state index contributed by atoms with van der Waals surface area (Å²) in [5.74, 6) is 1.54. The standard InChI is InChI=1S/C15H25NO3/c1-5-9-16-15(2,8-10-17)13-7-6-12(18-3)11-14(13)19-4/h6-7,11,16-17H,5,8-10H2,1-4H3. The van der Waals surface area contributed by atoms with Gasteiger partial charge < -0.3 is 19.9 Å². The lowest BCUT2D eigenvalue weighted by molar-refractivity contribution is 0.217. The van der Waals surface area contributed by atoms with Crippen molar-refractivity contribution in [2.75, 3.05) is 27.4 Å². The third-order valence-electron chi connectivity index (χ3n) is 3.38. The van der Waals surface area contributed by atoms with E-state index < -0.39 is 0 Å². The zero-order valence-corrected chi connectivity index (χ0v) is 12.3. The average molecular weight is 267 g/mol. The van der Waals surface area contributed by atoms with E-state index in [4.69, 9.17) is 9.47 Å². The molecule has 2 N–H and O–H groups in total. The van der Waals surface area contributed by atoms with Crippen LogP contribution in [0.2, 0.25) is 0 Å². The number of nitrogens with one attached hydrogen (secondary N) is 1. The Kier molecular flexibility index (Phi) is 6.12. The Morgan fingerprint density at radius 1 is 1.26 bits per heavy atom. The van der Waals surface area contributed by atoms with Gasteiger partial charge in [-0.15, -0.1) is 0 Å². The van der Waals surface area contributed by atoms with Gasteiger partial charge in [0.05, 0.1) is 14.2 Å². The van der Waals surface area contributed by atoms with E-state index in [1.807, 2.05) is 18.2 Å². The monoisotopic (exact) mass is 267 g/mol. The summed E-state index contributed by atoms with van der Waals surface area (Å²) in [5.41, 5.74) is 0.737. The smallest absolute Gasteiger partial charge is 0.127 e. The maximum Gasteiger partial charge on any atom is 0.127 e. The molecule has 1 rings (SSSR count). The van der Waals surface area contributed by atoms with Gasteiger partial charge in [-0.2, -0.15) is 0 Å². The lowest BCUT2D eigenvalue weighted by atomic mass is 9.87. The molecule has 0 aliphatic rings. The van der Waals surface area contributed by atoms with Crippen LogP contribution in [0.3, 0.4) is 0 Å². The highest BCUT2D eigenvalue weighted by molar-refractivity contribution is 5.44. The number of aliphatic hydroxyl groups is 1. The van der Waals surface area contributed by atoms with E-state index in [0.717, 1.165) is 30.0 Å². The van der Waals surface area contributed by atoms with E-state index in [1.165, 1.54) is 0 Å². The third kappa shape index (κ3) is 3.85. The number of methoxy groups -OCH3 is 2. The molecule has 108 valence electrons. The van der Waals surface area contributed by atoms with Gasteiger partial charge in [-0.25, -0.2) is 0 Å². The van der Waals surface area contributed by atoms with Gasteiger partial charge >= 0.3 is 0 Å². The van der Waals surface area contributed by atoms with E-state index >= 15 is 0 Å². The summed E-state index contributed by atoms with van der Waals surface area (Å²) in [6, 6.07) is 5.79. The van der Waals surface area contributed by atoms with Crippen LogP contribution in [0.1, 0.15) is 32.3 Å². The molecule has 4 nitrogen and oxygen atoms in total. The van der Waals surface area contributed by atoms with Crippen LogP contribution < -0.4 is 14.8 Å². The molecule has 0 bridgehead atoms. The quantitative estimate of drug-likeness (QED) is 0.759. The minimum absolute atomic E-state index is 0.127. The number of hydrogen-bond acceptors (Lipinski definition) is 4. The minimum atomic E-state index is -0.303. The molecule has 0 spiro atoms. The van der Waals surface area contributed by atoms with Gasteiger partial charge in [-0.3, -0.25) is 0 Å². The Balaban J connectivity index is 3.13. The lowest BCUT2D eigenvalue weighted by Gasteiger charge is -2.32. The Hall–Kier alpha value is -1.26. The largest absolute Gasteiger partial charge is 0.497 e. The summed E-state index contributed by atoms with van der Waals surface area (Å²) in [7, 11) is 3.29. The maximum atomic E-state index is 9.32. The highest BCUT2D eigenvalue weighted by Crippen LogP contribution is 2.35. The molecule has 0 amide bonds. The molecule has 1 aromatic rings. The van der Waals surface area contributed by atoms with E-state index in [0.29, 0.717) is 6.42 Å². The molecule has 0 saturated heterocycles. The predicted molar refractivity (Wildman–Crippen MR) is 76.9 cm³/mol. The highest BCUT2D eigenvalue weighted by atomic mass is 16.5. The van der Waals surface area contributed by atoms with Gasteiger partial charge in [0.2, 0.25) is 0 Å². The number of benzene rings is 1. The normalized spacial score (nSPS) is 13.9. The molecule has 0 fully saturated rings. The van der Waals surface area contributed by atoms with Crippen molar-refractivity contribution in [3.05, 3.63) is 23.8 Å². The number of hydrogen-bond donors (Lipinski definition) is 2. The van der Waals surface area contributed by atoms with Crippen molar-refractivity contribution in [3.8, 4) is 11.5 Å². The van der Waals surface area contributed by atoms with Crippen molar-refractivity contribution < 1.29 is 14.6 Å². The van der Waals surface area contributed by atoms with Gasteiger partial charge in [-0.1, -0.05) is 6.92 Å². The summed E-state index contributed by atoms with van der Waals surface area (Å²) < 4.78 is 10.7. The number of rotatable bonds is 8. The molecule has 1 atom stereocenters. The second-order valence-electron chi connectivity index (χ2n) is 4.80. The van der Waals surface area contributed by atoms with Crippen LogP contribution in [0.15, 0.2) is 18.2 Å². The minimum Gasteiger partial charge on any atom is -0.497 e. The van der Waals surface area contributed by atoms with E-state index in [2.05, 4.69) is 19.2 Å². The second-order valence-corrected chi connectivity index (χ2v) is 4.80. The Bertz CT molecular complexity index is 395. The molecule has 4 heteroatoms. The van der Waals surface area contributed by atoms with Crippen molar-refractivity contribution in [2.24, 2.45) is 0 Å². The Morgan fingerprint density at radius 2 is 2.00 bits per heavy atom. The first-order chi connectivity index (χ1) is 9.11. The van der Waals surface area contributed by atoms with Gasteiger partial charge in [0.15, 0.2) is 0 Å². The average Bonchev–Trinajstić information content (AvgIpc) is 2.44. The van der Waals surface area contributed by atoms with Crippen LogP contribution in [0.4, 0.5) is 0 Å². The molecule has 0 aliphatic heterocycles. The molecular formula is C15H25NO3. The van der Waals surface area contributed by atoms with Crippen LogP contribution in [-0.4, -0.2) is 32.5 Å². The third-order valence-corrected chi connectivity index (χ3v) is 3.38. The van der Waals surface area contributed by atoms with Crippen molar-refractivity contribution in [3.63, 3.8) is 0 Å². The molecule has 1 unspecified atom stereocenters. The fourth-order valence-corrected chi connectivity index (χ4v) is 2.20. The van der Waals surface area contributed by atoms with Crippen LogP contribution in [0, 0.1) is 0 Å². The number of aliphatic hydroxyl groups excluding tert-OH is 1. The topological polar surface area (TPSA) is 50.7 Å². The molecule has 0 aliphatic carbocycles. The first kappa shape index (κ1) is 15.8. The molecule has 1 aromatic carbocycles. The fraction of sp³-hybridized carbons (Fsp3) is 0.600. The summed E-state index contributed by atoms with van der Waals surface area (Å²) in [5, 5.41) is 12.8. The van der Waals surface area contributed by atoms with E-state index in [9.17, 15) is 5.11 Å². The molecule has 19 heavy (non-hydrogen) atoms. The summed E-state index contributed by atoms with van der Waals surface area (Å²) in [4.78, 5) is 0. The second kappa shape index (κ2) is 7.36. The van der Waals surface area contributed by atoms with Crippen molar-refractivity contribution in [1.29, 1.82) is 0 Å². The summed E-state index contributed by atoms with van der Waals surface area (Å²) in [6.07, 6.45) is 1.68. The van der Waals surface area contributed by atoms with Gasteiger partial charge in [0.25, 0.3) is 0 Å². The van der Waals surface area contributed by atoms with Crippen molar-refractivity contribution >= 4 is 0 Å². The molecule has 0 aromatic heterocycles. The Morgan fingerprint density at radius 3 is 2.53 bits per heavy atom. The van der Waals surface area contributed by atoms with Crippen LogP contribution in [0.5, 0.6) is 11.5 Å². The first-order valence-corrected chi connectivity index (χ1v) is 6.69. The summed E-state index contributed by atoms with van der Waals surface area (Å²) in [6.45, 7) is 5.23.